The molecule has 1 saturated carbocycles. The number of aromatic amines is 2. The molecule has 2 unspecified atom stereocenters. The second kappa shape index (κ2) is 6.20. The predicted octanol–water partition coefficient (Wildman–Crippen LogP) is 3.96. The number of H-pyrrole nitrogens is 2. The third kappa shape index (κ3) is 2.89. The van der Waals surface area contributed by atoms with E-state index in [0.717, 1.165) is 40.5 Å². The van der Waals surface area contributed by atoms with Crippen LogP contribution in [0.4, 0.5) is 0 Å². The summed E-state index contributed by atoms with van der Waals surface area (Å²) in [6, 6.07) is 0. The summed E-state index contributed by atoms with van der Waals surface area (Å²) < 4.78 is 0. The highest BCUT2D eigenvalue weighted by atomic mass is 32.2. The van der Waals surface area contributed by atoms with Crippen LogP contribution in [0.3, 0.4) is 0 Å². The number of fused-ring (bicyclic) bond motifs is 3. The fourth-order valence-electron chi connectivity index (χ4n) is 3.62. The molecule has 1 fully saturated rings. The Labute approximate surface area is 159 Å². The first-order chi connectivity index (χ1) is 12.6. The standard InChI is InChI=1S/C18H21N5OS2/c1-8-3-6-11-12(7-8)26-17-13(11)16(24)19-14(20-17)9(2)25-18-21-15(22-23-18)10-4-5-10/h8-10H,3-7H2,1-2H3,(H,19,20,24)(H,21,22,23). The molecule has 26 heavy (non-hydrogen) atoms. The monoisotopic (exact) mass is 387 g/mol. The molecular formula is C18H21N5OS2. The number of thioether (sulfide) groups is 1. The Morgan fingerprint density at radius 3 is 2.92 bits per heavy atom. The number of nitrogens with one attached hydrogen (secondary N) is 2. The molecule has 2 aliphatic carbocycles. The topological polar surface area (TPSA) is 87.3 Å². The van der Waals surface area contributed by atoms with Crippen LogP contribution in [0.1, 0.15) is 66.4 Å². The van der Waals surface area contributed by atoms with Gasteiger partial charge in [-0.05, 0) is 50.5 Å². The minimum atomic E-state index is -0.00648. The molecule has 0 aromatic carbocycles. The lowest BCUT2D eigenvalue weighted by molar-refractivity contribution is 0.509. The molecule has 6 nitrogen and oxygen atoms in total. The Bertz CT molecular complexity index is 1030. The van der Waals surface area contributed by atoms with E-state index < -0.39 is 0 Å². The number of aromatic nitrogens is 5. The van der Waals surface area contributed by atoms with Crippen molar-refractivity contribution in [2.24, 2.45) is 5.92 Å². The van der Waals surface area contributed by atoms with Crippen LogP contribution in [0.5, 0.6) is 0 Å². The Hall–Kier alpha value is -1.67. The lowest BCUT2D eigenvalue weighted by atomic mass is 9.89. The smallest absolute Gasteiger partial charge is 0.259 e. The van der Waals surface area contributed by atoms with Crippen molar-refractivity contribution in [1.29, 1.82) is 0 Å². The summed E-state index contributed by atoms with van der Waals surface area (Å²) >= 11 is 3.23. The highest BCUT2D eigenvalue weighted by Crippen LogP contribution is 2.40. The summed E-state index contributed by atoms with van der Waals surface area (Å²) in [7, 11) is 0. The van der Waals surface area contributed by atoms with Gasteiger partial charge in [0.2, 0.25) is 5.16 Å². The van der Waals surface area contributed by atoms with Gasteiger partial charge in [-0.3, -0.25) is 9.89 Å². The largest absolute Gasteiger partial charge is 0.309 e. The average Bonchev–Trinajstić information content (AvgIpc) is 3.24. The first-order valence-electron chi connectivity index (χ1n) is 9.22. The Morgan fingerprint density at radius 1 is 1.27 bits per heavy atom. The third-order valence-corrected chi connectivity index (χ3v) is 7.42. The van der Waals surface area contributed by atoms with E-state index in [4.69, 9.17) is 4.98 Å². The van der Waals surface area contributed by atoms with Gasteiger partial charge < -0.3 is 4.98 Å². The van der Waals surface area contributed by atoms with Crippen LogP contribution in [0.25, 0.3) is 10.2 Å². The van der Waals surface area contributed by atoms with E-state index >= 15 is 0 Å². The van der Waals surface area contributed by atoms with Crippen molar-refractivity contribution >= 4 is 33.3 Å². The molecule has 5 rings (SSSR count). The number of hydrogen-bond acceptors (Lipinski definition) is 6. The van der Waals surface area contributed by atoms with E-state index in [0.29, 0.717) is 17.7 Å². The number of hydrogen-bond donors (Lipinski definition) is 2. The van der Waals surface area contributed by atoms with Crippen molar-refractivity contribution in [2.75, 3.05) is 0 Å². The van der Waals surface area contributed by atoms with Crippen molar-refractivity contribution in [2.45, 2.75) is 62.3 Å². The van der Waals surface area contributed by atoms with Crippen molar-refractivity contribution in [3.63, 3.8) is 0 Å². The fraction of sp³-hybridized carbons (Fsp3) is 0.556. The van der Waals surface area contributed by atoms with Crippen LogP contribution < -0.4 is 5.56 Å². The van der Waals surface area contributed by atoms with Gasteiger partial charge in [-0.1, -0.05) is 18.7 Å². The number of aryl methyl sites for hydroxylation is 1. The van der Waals surface area contributed by atoms with Gasteiger partial charge in [-0.25, -0.2) is 9.97 Å². The number of nitrogens with zero attached hydrogens (tertiary/aromatic N) is 3. The molecule has 8 heteroatoms. The number of rotatable bonds is 4. The second-order valence-corrected chi connectivity index (χ2v) is 9.91. The number of thiophene rings is 1. The summed E-state index contributed by atoms with van der Waals surface area (Å²) in [6.45, 7) is 4.32. The molecule has 2 aliphatic rings. The van der Waals surface area contributed by atoms with Crippen LogP contribution in [0.15, 0.2) is 9.95 Å². The molecule has 3 aromatic heterocycles. The fourth-order valence-corrected chi connectivity index (χ4v) is 5.80. The van der Waals surface area contributed by atoms with Gasteiger partial charge in [0, 0.05) is 10.8 Å². The van der Waals surface area contributed by atoms with Gasteiger partial charge in [-0.2, -0.15) is 0 Å². The van der Waals surface area contributed by atoms with Crippen LogP contribution in [0.2, 0.25) is 0 Å². The normalized spacial score (nSPS) is 21.1. The molecule has 0 radical (unpaired) electrons. The molecule has 0 amide bonds. The molecule has 0 bridgehead atoms. The molecule has 2 N–H and O–H groups in total. The van der Waals surface area contributed by atoms with Crippen molar-refractivity contribution in [1.82, 2.24) is 25.1 Å². The highest BCUT2D eigenvalue weighted by Gasteiger charge is 2.28. The second-order valence-electron chi connectivity index (χ2n) is 7.52. The molecule has 2 atom stereocenters. The first kappa shape index (κ1) is 16.5. The van der Waals surface area contributed by atoms with Gasteiger partial charge >= 0.3 is 0 Å². The van der Waals surface area contributed by atoms with Crippen LogP contribution in [0, 0.1) is 5.92 Å². The van der Waals surface area contributed by atoms with Crippen LogP contribution in [-0.2, 0) is 12.8 Å². The minimum Gasteiger partial charge on any atom is -0.309 e. The average molecular weight is 388 g/mol. The van der Waals surface area contributed by atoms with Gasteiger partial charge in [0.15, 0.2) is 0 Å². The van der Waals surface area contributed by atoms with Crippen LogP contribution >= 0.6 is 23.1 Å². The van der Waals surface area contributed by atoms with Crippen molar-refractivity contribution < 1.29 is 0 Å². The summed E-state index contributed by atoms with van der Waals surface area (Å²) in [4.78, 5) is 27.3. The summed E-state index contributed by atoms with van der Waals surface area (Å²) in [6.07, 6.45) is 5.60. The zero-order valence-corrected chi connectivity index (χ0v) is 16.5. The lowest BCUT2D eigenvalue weighted by Crippen LogP contribution is -2.15. The van der Waals surface area contributed by atoms with Gasteiger partial charge in [0.05, 0.1) is 10.6 Å². The third-order valence-electron chi connectivity index (χ3n) is 5.30. The lowest BCUT2D eigenvalue weighted by Gasteiger charge is -2.17. The molecule has 3 heterocycles. The predicted molar refractivity (Wildman–Crippen MR) is 104 cm³/mol. The van der Waals surface area contributed by atoms with Crippen LogP contribution in [-0.4, -0.2) is 25.1 Å². The van der Waals surface area contributed by atoms with E-state index in [1.807, 2.05) is 6.92 Å². The Kier molecular flexibility index (Phi) is 3.93. The summed E-state index contributed by atoms with van der Waals surface area (Å²) in [5.74, 6) is 2.94. The highest BCUT2D eigenvalue weighted by molar-refractivity contribution is 7.99. The molecule has 0 saturated heterocycles. The van der Waals surface area contributed by atoms with Gasteiger partial charge in [0.1, 0.15) is 16.5 Å². The SMILES string of the molecule is CC1CCc2c(sc3nc(C(C)Sc4n[nH]c(C5CC5)n4)[nH]c(=O)c23)C1. The quantitative estimate of drug-likeness (QED) is 0.662. The minimum absolute atomic E-state index is 0.00170. The first-order valence-corrected chi connectivity index (χ1v) is 10.9. The molecule has 3 aromatic rings. The zero-order chi connectivity index (χ0) is 17.8. The maximum Gasteiger partial charge on any atom is 0.259 e. The van der Waals surface area contributed by atoms with E-state index in [-0.39, 0.29) is 10.8 Å². The van der Waals surface area contributed by atoms with E-state index in [2.05, 4.69) is 27.1 Å². The maximum absolute atomic E-state index is 12.7. The summed E-state index contributed by atoms with van der Waals surface area (Å²) in [5, 5.41) is 8.86. The molecule has 0 aliphatic heterocycles. The summed E-state index contributed by atoms with van der Waals surface area (Å²) in [5.41, 5.74) is 1.23. The molecule has 0 spiro atoms. The van der Waals surface area contributed by atoms with Gasteiger partial charge in [0.25, 0.3) is 5.56 Å². The zero-order valence-electron chi connectivity index (χ0n) is 14.8. The van der Waals surface area contributed by atoms with E-state index in [9.17, 15) is 4.79 Å². The maximum atomic E-state index is 12.7. The molecular weight excluding hydrogens is 366 g/mol. The molecule has 136 valence electrons. The Balaban J connectivity index is 1.45. The van der Waals surface area contributed by atoms with Crippen molar-refractivity contribution in [3.05, 3.63) is 32.4 Å². The van der Waals surface area contributed by atoms with Crippen molar-refractivity contribution in [3.8, 4) is 0 Å². The van der Waals surface area contributed by atoms with Gasteiger partial charge in [-0.15, -0.1) is 16.4 Å². The van der Waals surface area contributed by atoms with E-state index in [1.54, 1.807) is 11.3 Å². The Morgan fingerprint density at radius 2 is 2.12 bits per heavy atom. The van der Waals surface area contributed by atoms with E-state index in [1.165, 1.54) is 35.0 Å².